The van der Waals surface area contributed by atoms with E-state index < -0.39 is 0 Å². The number of nitrogens with two attached hydrogens (primary N) is 1. The third-order valence-electron chi connectivity index (χ3n) is 3.67. The first-order valence-corrected chi connectivity index (χ1v) is 6.14. The molecule has 0 spiro atoms. The number of aromatic nitrogens is 2. The van der Waals surface area contributed by atoms with Gasteiger partial charge in [0.1, 0.15) is 5.82 Å². The molecule has 0 aliphatic heterocycles. The van der Waals surface area contributed by atoms with E-state index in [4.69, 9.17) is 5.73 Å². The van der Waals surface area contributed by atoms with Crippen molar-refractivity contribution in [2.24, 2.45) is 7.05 Å². The molecule has 0 radical (unpaired) electrons. The second-order valence-corrected chi connectivity index (χ2v) is 4.83. The third-order valence-corrected chi connectivity index (χ3v) is 3.67. The molecule has 2 N–H and O–H groups in total. The molecule has 1 fully saturated rings. The second kappa shape index (κ2) is 3.91. The number of hydrogen-bond donors (Lipinski definition) is 1. The van der Waals surface area contributed by atoms with Gasteiger partial charge in [-0.25, -0.2) is 0 Å². The van der Waals surface area contributed by atoms with E-state index in [1.807, 2.05) is 13.1 Å². The van der Waals surface area contributed by atoms with Crippen molar-refractivity contribution in [2.75, 3.05) is 5.73 Å². The highest BCUT2D eigenvalue weighted by atomic mass is 15.3. The molecule has 1 aromatic heterocycles. The number of nitrogen functional groups attached to an aromatic ring is 1. The van der Waals surface area contributed by atoms with E-state index in [0.717, 1.165) is 11.6 Å². The van der Waals surface area contributed by atoms with Gasteiger partial charge in [-0.1, -0.05) is 24.6 Å². The van der Waals surface area contributed by atoms with Crippen LogP contribution in [0.4, 0.5) is 5.82 Å². The first-order valence-electron chi connectivity index (χ1n) is 6.14. The Labute approximate surface area is 101 Å². The molecule has 1 heterocycles. The zero-order valence-corrected chi connectivity index (χ0v) is 10.1. The highest BCUT2D eigenvalue weighted by Gasteiger charge is 2.19. The summed E-state index contributed by atoms with van der Waals surface area (Å²) in [6, 6.07) is 10.6. The molecule has 0 atom stereocenters. The van der Waals surface area contributed by atoms with Crippen LogP contribution in [0, 0.1) is 0 Å². The highest BCUT2D eigenvalue weighted by molar-refractivity contribution is 5.63. The largest absolute Gasteiger partial charge is 0.384 e. The summed E-state index contributed by atoms with van der Waals surface area (Å²) in [5.41, 5.74) is 9.39. The molecule has 17 heavy (non-hydrogen) atoms. The van der Waals surface area contributed by atoms with E-state index >= 15 is 0 Å². The number of hydrogen-bond acceptors (Lipinski definition) is 2. The Morgan fingerprint density at radius 3 is 2.71 bits per heavy atom. The van der Waals surface area contributed by atoms with Crippen molar-refractivity contribution in [3.05, 3.63) is 35.9 Å². The van der Waals surface area contributed by atoms with Gasteiger partial charge in [0, 0.05) is 18.7 Å². The van der Waals surface area contributed by atoms with Crippen LogP contribution in [0.25, 0.3) is 11.3 Å². The van der Waals surface area contributed by atoms with Crippen molar-refractivity contribution in [2.45, 2.75) is 25.2 Å². The van der Waals surface area contributed by atoms with Gasteiger partial charge in [-0.05, 0) is 30.4 Å². The molecule has 1 aromatic carbocycles. The molecule has 0 unspecified atom stereocenters. The third kappa shape index (κ3) is 1.82. The van der Waals surface area contributed by atoms with Crippen LogP contribution in [0.15, 0.2) is 30.3 Å². The van der Waals surface area contributed by atoms with Crippen molar-refractivity contribution < 1.29 is 0 Å². The van der Waals surface area contributed by atoms with E-state index in [2.05, 4.69) is 29.4 Å². The molecule has 3 rings (SSSR count). The van der Waals surface area contributed by atoms with Crippen molar-refractivity contribution in [1.82, 2.24) is 9.78 Å². The Morgan fingerprint density at radius 2 is 2.12 bits per heavy atom. The van der Waals surface area contributed by atoms with Gasteiger partial charge in [0.15, 0.2) is 0 Å². The standard InChI is InChI=1S/C14H17N3/c1-17-14(15)9-13(16-17)12-7-3-6-11(8-12)10-4-2-5-10/h3,6-10H,2,4-5,15H2,1H3. The number of nitrogens with zero attached hydrogens (tertiary/aromatic N) is 2. The Hall–Kier alpha value is -1.77. The maximum atomic E-state index is 5.81. The van der Waals surface area contributed by atoms with Crippen molar-refractivity contribution in [3.8, 4) is 11.3 Å². The fraction of sp³-hybridized carbons (Fsp3) is 0.357. The minimum absolute atomic E-state index is 0.703. The van der Waals surface area contributed by atoms with Gasteiger partial charge < -0.3 is 5.73 Å². The van der Waals surface area contributed by atoms with Crippen LogP contribution in [0.3, 0.4) is 0 Å². The summed E-state index contributed by atoms with van der Waals surface area (Å²) in [6.45, 7) is 0. The van der Waals surface area contributed by atoms with Gasteiger partial charge in [-0.2, -0.15) is 5.10 Å². The quantitative estimate of drug-likeness (QED) is 0.857. The van der Waals surface area contributed by atoms with E-state index in [0.29, 0.717) is 5.82 Å². The molecule has 88 valence electrons. The van der Waals surface area contributed by atoms with Gasteiger partial charge in [0.05, 0.1) is 5.69 Å². The van der Waals surface area contributed by atoms with Crippen LogP contribution < -0.4 is 5.73 Å². The number of anilines is 1. The maximum Gasteiger partial charge on any atom is 0.121 e. The maximum absolute atomic E-state index is 5.81. The fourth-order valence-corrected chi connectivity index (χ4v) is 2.32. The zero-order valence-electron chi connectivity index (χ0n) is 10.1. The van der Waals surface area contributed by atoms with Crippen LogP contribution in [0.2, 0.25) is 0 Å². The monoisotopic (exact) mass is 227 g/mol. The van der Waals surface area contributed by atoms with Crippen LogP contribution >= 0.6 is 0 Å². The van der Waals surface area contributed by atoms with Crippen molar-refractivity contribution >= 4 is 5.82 Å². The highest BCUT2D eigenvalue weighted by Crippen LogP contribution is 2.37. The molecule has 1 aliphatic carbocycles. The molecular formula is C14H17N3. The molecular weight excluding hydrogens is 210 g/mol. The van der Waals surface area contributed by atoms with Crippen LogP contribution in [0.5, 0.6) is 0 Å². The van der Waals surface area contributed by atoms with Crippen LogP contribution in [-0.4, -0.2) is 9.78 Å². The molecule has 3 nitrogen and oxygen atoms in total. The van der Waals surface area contributed by atoms with Gasteiger partial charge in [0.2, 0.25) is 0 Å². The Kier molecular flexibility index (Phi) is 2.39. The van der Waals surface area contributed by atoms with E-state index in [-0.39, 0.29) is 0 Å². The van der Waals surface area contributed by atoms with Gasteiger partial charge in [-0.15, -0.1) is 0 Å². The number of aryl methyl sites for hydroxylation is 1. The molecule has 0 bridgehead atoms. The average molecular weight is 227 g/mol. The molecule has 1 saturated carbocycles. The van der Waals surface area contributed by atoms with E-state index in [9.17, 15) is 0 Å². The number of benzene rings is 1. The Morgan fingerprint density at radius 1 is 1.29 bits per heavy atom. The lowest BCUT2D eigenvalue weighted by Crippen LogP contribution is -2.08. The van der Waals surface area contributed by atoms with Gasteiger partial charge in [0.25, 0.3) is 0 Å². The minimum atomic E-state index is 0.703. The van der Waals surface area contributed by atoms with Crippen LogP contribution in [0.1, 0.15) is 30.7 Å². The first-order chi connectivity index (χ1) is 8.24. The molecule has 2 aromatic rings. The van der Waals surface area contributed by atoms with Gasteiger partial charge in [-0.3, -0.25) is 4.68 Å². The molecule has 0 amide bonds. The summed E-state index contributed by atoms with van der Waals surface area (Å²) >= 11 is 0. The first kappa shape index (κ1) is 10.4. The number of rotatable bonds is 2. The predicted octanol–water partition coefficient (Wildman–Crippen LogP) is 2.94. The Balaban J connectivity index is 1.96. The molecule has 1 aliphatic rings. The zero-order chi connectivity index (χ0) is 11.8. The fourth-order valence-electron chi connectivity index (χ4n) is 2.32. The normalized spacial score (nSPS) is 15.8. The van der Waals surface area contributed by atoms with Crippen molar-refractivity contribution in [3.63, 3.8) is 0 Å². The summed E-state index contributed by atoms with van der Waals surface area (Å²) in [6.07, 6.45) is 4.02. The topological polar surface area (TPSA) is 43.8 Å². The lowest BCUT2D eigenvalue weighted by molar-refractivity contribution is 0.420. The summed E-state index contributed by atoms with van der Waals surface area (Å²) in [4.78, 5) is 0. The van der Waals surface area contributed by atoms with Crippen LogP contribution in [-0.2, 0) is 7.05 Å². The smallest absolute Gasteiger partial charge is 0.121 e. The van der Waals surface area contributed by atoms with E-state index in [1.54, 1.807) is 4.68 Å². The summed E-state index contributed by atoms with van der Waals surface area (Å²) in [5, 5.41) is 4.42. The van der Waals surface area contributed by atoms with Crippen molar-refractivity contribution in [1.29, 1.82) is 0 Å². The minimum Gasteiger partial charge on any atom is -0.384 e. The SMILES string of the molecule is Cn1nc(-c2cccc(C3CCC3)c2)cc1N. The lowest BCUT2D eigenvalue weighted by atomic mass is 9.79. The van der Waals surface area contributed by atoms with E-state index in [1.165, 1.54) is 30.4 Å². The summed E-state index contributed by atoms with van der Waals surface area (Å²) in [5.74, 6) is 1.46. The summed E-state index contributed by atoms with van der Waals surface area (Å²) < 4.78 is 1.71. The average Bonchev–Trinajstić information content (AvgIpc) is 2.57. The Bertz CT molecular complexity index is 519. The second-order valence-electron chi connectivity index (χ2n) is 4.83. The predicted molar refractivity (Wildman–Crippen MR) is 69.6 cm³/mol. The lowest BCUT2D eigenvalue weighted by Gasteiger charge is -2.26. The molecule has 3 heteroatoms. The summed E-state index contributed by atoms with van der Waals surface area (Å²) in [7, 11) is 1.87. The molecule has 0 saturated heterocycles. The van der Waals surface area contributed by atoms with Gasteiger partial charge >= 0.3 is 0 Å².